The van der Waals surface area contributed by atoms with E-state index in [0.717, 1.165) is 0 Å². The van der Waals surface area contributed by atoms with Crippen LogP contribution in [-0.4, -0.2) is 17.0 Å². The molecule has 1 fully saturated rings. The van der Waals surface area contributed by atoms with Gasteiger partial charge in [-0.15, -0.1) is 0 Å². The smallest absolute Gasteiger partial charge is 0.319 e. The fourth-order valence-corrected chi connectivity index (χ4v) is 1.20. The van der Waals surface area contributed by atoms with Crippen LogP contribution in [-0.2, 0) is 9.59 Å². The minimum Gasteiger partial charge on any atom is -0.480 e. The second-order valence-corrected chi connectivity index (χ2v) is 3.40. The molecule has 4 nitrogen and oxygen atoms in total. The summed E-state index contributed by atoms with van der Waals surface area (Å²) in [7, 11) is 0. The number of carbonyl (C=O) groups is 2. The van der Waals surface area contributed by atoms with Crippen molar-refractivity contribution in [1.29, 1.82) is 0 Å². The standard InChI is InChI=1S/C11H13NO3/c1-3-5-8(4-2)12-9(13)11(6-7-11)10(14)15/h3-5H,1-2,6-7H2,(H,12,13)(H,14,15)/b8-5+. The zero-order valence-electron chi connectivity index (χ0n) is 8.32. The quantitative estimate of drug-likeness (QED) is 0.526. The number of hydrogen-bond donors (Lipinski definition) is 2. The summed E-state index contributed by atoms with van der Waals surface area (Å²) in [6, 6.07) is 0. The molecular formula is C11H13NO3. The highest BCUT2D eigenvalue weighted by molar-refractivity contribution is 6.05. The molecule has 1 amide bonds. The first-order valence-corrected chi connectivity index (χ1v) is 4.57. The van der Waals surface area contributed by atoms with E-state index in [9.17, 15) is 9.59 Å². The lowest BCUT2D eigenvalue weighted by atomic mass is 10.1. The molecule has 0 aromatic rings. The third kappa shape index (κ3) is 2.15. The van der Waals surface area contributed by atoms with E-state index < -0.39 is 17.3 Å². The number of rotatable bonds is 5. The summed E-state index contributed by atoms with van der Waals surface area (Å²) in [6.45, 7) is 6.98. The molecule has 1 aliphatic rings. The van der Waals surface area contributed by atoms with Crippen LogP contribution < -0.4 is 5.32 Å². The van der Waals surface area contributed by atoms with E-state index >= 15 is 0 Å². The first kappa shape index (κ1) is 11.2. The van der Waals surface area contributed by atoms with Gasteiger partial charge in [0.15, 0.2) is 0 Å². The van der Waals surface area contributed by atoms with Gasteiger partial charge in [-0.3, -0.25) is 9.59 Å². The van der Waals surface area contributed by atoms with Gasteiger partial charge >= 0.3 is 5.97 Å². The predicted molar refractivity (Wildman–Crippen MR) is 55.9 cm³/mol. The second-order valence-electron chi connectivity index (χ2n) is 3.40. The Hall–Kier alpha value is -1.84. The second kappa shape index (κ2) is 4.13. The average Bonchev–Trinajstić information content (AvgIpc) is 2.97. The van der Waals surface area contributed by atoms with Crippen LogP contribution in [0.5, 0.6) is 0 Å². The Kier molecular flexibility index (Phi) is 3.09. The summed E-state index contributed by atoms with van der Waals surface area (Å²) in [4.78, 5) is 22.4. The molecule has 1 rings (SSSR count). The molecule has 0 aliphatic heterocycles. The van der Waals surface area contributed by atoms with Crippen molar-refractivity contribution in [3.05, 3.63) is 37.1 Å². The van der Waals surface area contributed by atoms with Crippen LogP contribution in [0.3, 0.4) is 0 Å². The van der Waals surface area contributed by atoms with E-state index in [1.807, 2.05) is 0 Å². The first-order chi connectivity index (χ1) is 7.06. The highest BCUT2D eigenvalue weighted by Crippen LogP contribution is 2.46. The van der Waals surface area contributed by atoms with Gasteiger partial charge < -0.3 is 10.4 Å². The maximum absolute atomic E-state index is 11.6. The van der Waals surface area contributed by atoms with Crippen molar-refractivity contribution < 1.29 is 14.7 Å². The molecule has 0 spiro atoms. The number of allylic oxidation sites excluding steroid dienone is 3. The van der Waals surface area contributed by atoms with Gasteiger partial charge in [0.2, 0.25) is 5.91 Å². The molecule has 0 unspecified atom stereocenters. The van der Waals surface area contributed by atoms with E-state index in [2.05, 4.69) is 18.5 Å². The van der Waals surface area contributed by atoms with Crippen molar-refractivity contribution in [2.45, 2.75) is 12.8 Å². The zero-order chi connectivity index (χ0) is 11.5. The number of nitrogens with one attached hydrogen (secondary N) is 1. The molecule has 0 bridgehead atoms. The lowest BCUT2D eigenvalue weighted by Crippen LogP contribution is -2.36. The topological polar surface area (TPSA) is 66.4 Å². The molecule has 80 valence electrons. The summed E-state index contributed by atoms with van der Waals surface area (Å²) in [5.41, 5.74) is -0.758. The van der Waals surface area contributed by atoms with Gasteiger partial charge in [0.25, 0.3) is 0 Å². The van der Waals surface area contributed by atoms with Crippen molar-refractivity contribution >= 4 is 11.9 Å². The SMILES string of the molecule is C=C/C=C(\C=C)NC(=O)C1(C(=O)O)CC1. The van der Waals surface area contributed by atoms with Crippen LogP contribution in [0.25, 0.3) is 0 Å². The summed E-state index contributed by atoms with van der Waals surface area (Å²) in [6.07, 6.45) is 5.29. The summed E-state index contributed by atoms with van der Waals surface area (Å²) in [5.74, 6) is -1.55. The Labute approximate surface area is 88.0 Å². The van der Waals surface area contributed by atoms with Gasteiger partial charge in [0.05, 0.1) is 0 Å². The van der Waals surface area contributed by atoms with E-state index in [1.54, 1.807) is 6.08 Å². The molecule has 0 aromatic carbocycles. The van der Waals surface area contributed by atoms with Crippen molar-refractivity contribution in [3.8, 4) is 0 Å². The minimum absolute atomic E-state index is 0.396. The Morgan fingerprint density at radius 2 is 1.93 bits per heavy atom. The Bertz CT molecular complexity index is 351. The largest absolute Gasteiger partial charge is 0.480 e. The van der Waals surface area contributed by atoms with Gasteiger partial charge in [0.1, 0.15) is 5.41 Å². The van der Waals surface area contributed by atoms with Crippen molar-refractivity contribution in [3.63, 3.8) is 0 Å². The number of amides is 1. The molecule has 0 atom stereocenters. The molecule has 0 radical (unpaired) electrons. The number of carboxylic acid groups (broad SMARTS) is 1. The maximum atomic E-state index is 11.6. The van der Waals surface area contributed by atoms with Crippen LogP contribution in [0.2, 0.25) is 0 Å². The molecule has 0 heterocycles. The van der Waals surface area contributed by atoms with Crippen molar-refractivity contribution in [2.75, 3.05) is 0 Å². The third-order valence-corrected chi connectivity index (χ3v) is 2.37. The number of carbonyl (C=O) groups excluding carboxylic acids is 1. The van der Waals surface area contributed by atoms with E-state index in [0.29, 0.717) is 18.5 Å². The van der Waals surface area contributed by atoms with Gasteiger partial charge in [-0.05, 0) is 25.0 Å². The van der Waals surface area contributed by atoms with Crippen LogP contribution >= 0.6 is 0 Å². The lowest BCUT2D eigenvalue weighted by Gasteiger charge is -2.10. The van der Waals surface area contributed by atoms with Crippen molar-refractivity contribution in [2.24, 2.45) is 5.41 Å². The normalized spacial score (nSPS) is 17.7. The molecule has 15 heavy (non-hydrogen) atoms. The predicted octanol–water partition coefficient (Wildman–Crippen LogP) is 1.22. The molecule has 2 N–H and O–H groups in total. The third-order valence-electron chi connectivity index (χ3n) is 2.37. The van der Waals surface area contributed by atoms with Gasteiger partial charge in [-0.2, -0.15) is 0 Å². The average molecular weight is 207 g/mol. The van der Waals surface area contributed by atoms with Gasteiger partial charge in [-0.1, -0.05) is 19.2 Å². The highest BCUT2D eigenvalue weighted by atomic mass is 16.4. The molecule has 0 aromatic heterocycles. The number of hydrogen-bond acceptors (Lipinski definition) is 2. The van der Waals surface area contributed by atoms with Crippen LogP contribution in [0.4, 0.5) is 0 Å². The summed E-state index contributed by atoms with van der Waals surface area (Å²) < 4.78 is 0. The van der Waals surface area contributed by atoms with Crippen molar-refractivity contribution in [1.82, 2.24) is 5.32 Å². The maximum Gasteiger partial charge on any atom is 0.319 e. The fraction of sp³-hybridized carbons (Fsp3) is 0.273. The Morgan fingerprint density at radius 3 is 2.27 bits per heavy atom. The van der Waals surface area contributed by atoms with Crippen LogP contribution in [0, 0.1) is 5.41 Å². The fourth-order valence-electron chi connectivity index (χ4n) is 1.20. The molecule has 1 saturated carbocycles. The number of carboxylic acids is 1. The Morgan fingerprint density at radius 1 is 1.33 bits per heavy atom. The monoisotopic (exact) mass is 207 g/mol. The summed E-state index contributed by atoms with van der Waals surface area (Å²) in [5, 5.41) is 11.4. The molecule has 4 heteroatoms. The van der Waals surface area contributed by atoms with Gasteiger partial charge in [-0.25, -0.2) is 0 Å². The highest BCUT2D eigenvalue weighted by Gasteiger charge is 2.57. The van der Waals surface area contributed by atoms with E-state index in [1.165, 1.54) is 12.2 Å². The van der Waals surface area contributed by atoms with Crippen LogP contribution in [0.1, 0.15) is 12.8 Å². The van der Waals surface area contributed by atoms with Gasteiger partial charge in [0, 0.05) is 5.70 Å². The molecule has 0 saturated heterocycles. The van der Waals surface area contributed by atoms with Crippen LogP contribution in [0.15, 0.2) is 37.1 Å². The zero-order valence-corrected chi connectivity index (χ0v) is 8.32. The minimum atomic E-state index is -1.22. The summed E-state index contributed by atoms with van der Waals surface area (Å²) >= 11 is 0. The van der Waals surface area contributed by atoms with E-state index in [4.69, 9.17) is 5.11 Å². The van der Waals surface area contributed by atoms with E-state index in [-0.39, 0.29) is 0 Å². The molecular weight excluding hydrogens is 194 g/mol. The lowest BCUT2D eigenvalue weighted by molar-refractivity contribution is -0.148. The first-order valence-electron chi connectivity index (χ1n) is 4.57. The Balaban J connectivity index is 2.71. The number of aliphatic carboxylic acids is 1. The molecule has 1 aliphatic carbocycles.